The Balaban J connectivity index is 2.25. The summed E-state index contributed by atoms with van der Waals surface area (Å²) in [5.41, 5.74) is 0.893. The van der Waals surface area contributed by atoms with Gasteiger partial charge in [0.25, 0.3) is 5.24 Å². The Morgan fingerprint density at radius 2 is 2.26 bits per heavy atom. The number of rotatable bonds is 3. The maximum absolute atomic E-state index is 11.7. The molecule has 1 heterocycles. The molecule has 1 aliphatic heterocycles. The molecule has 1 aromatic carbocycles. The van der Waals surface area contributed by atoms with Crippen LogP contribution >= 0.6 is 39.9 Å². The molecule has 2 rings (SSSR count). The molecule has 0 aromatic heterocycles. The number of thioether (sulfide) groups is 1. The topological polar surface area (TPSA) is 57.6 Å². The lowest BCUT2D eigenvalue weighted by atomic mass is 10.2. The van der Waals surface area contributed by atoms with Gasteiger partial charge in [-0.2, -0.15) is 0 Å². The van der Waals surface area contributed by atoms with E-state index in [4.69, 9.17) is 17.3 Å². The molecule has 0 aliphatic carbocycles. The molecule has 98 valence electrons. The highest BCUT2D eigenvalue weighted by Gasteiger charge is 2.32. The number of nitrogens with zero attached hydrogens (tertiary/aromatic N) is 1. The van der Waals surface area contributed by atoms with Crippen LogP contribution in [0.2, 0.25) is 0 Å². The number of thiocarbonyl (C=S) groups is 1. The lowest BCUT2D eigenvalue weighted by Gasteiger charge is -2.10. The Labute approximate surface area is 127 Å². The van der Waals surface area contributed by atoms with Crippen molar-refractivity contribution >= 4 is 62.2 Å². The van der Waals surface area contributed by atoms with E-state index in [1.165, 1.54) is 0 Å². The summed E-state index contributed by atoms with van der Waals surface area (Å²) in [4.78, 5) is 24.3. The van der Waals surface area contributed by atoms with Crippen LogP contribution in [0, 0.1) is 0 Å². The van der Waals surface area contributed by atoms with Crippen molar-refractivity contribution in [3.05, 3.63) is 39.2 Å². The van der Waals surface area contributed by atoms with Gasteiger partial charge in [0.1, 0.15) is 11.5 Å². The molecule has 4 nitrogen and oxygen atoms in total. The van der Waals surface area contributed by atoms with Gasteiger partial charge in [-0.25, -0.2) is 0 Å². The largest absolute Gasteiger partial charge is 0.480 e. The number of carboxylic acid groups (broad SMARTS) is 1. The second-order valence-corrected chi connectivity index (χ2v) is 6.01. The first-order valence-corrected chi connectivity index (χ1v) is 7.22. The fraction of sp³-hybridized carbons (Fsp3) is 0.0833. The number of amides is 1. The molecule has 0 saturated carbocycles. The van der Waals surface area contributed by atoms with Crippen LogP contribution in [-0.2, 0) is 4.79 Å². The van der Waals surface area contributed by atoms with E-state index >= 15 is 0 Å². The third-order valence-electron chi connectivity index (χ3n) is 2.31. The van der Waals surface area contributed by atoms with Crippen molar-refractivity contribution in [2.45, 2.75) is 0 Å². The molecular weight excluding hydrogens is 350 g/mol. The molecule has 0 bridgehead atoms. The molecule has 1 fully saturated rings. The highest BCUT2D eigenvalue weighted by molar-refractivity contribution is 9.10. The molecule has 0 radical (unpaired) electrons. The highest BCUT2D eigenvalue weighted by Crippen LogP contribution is 2.33. The zero-order valence-corrected chi connectivity index (χ0v) is 12.7. The average Bonchev–Trinajstić information content (AvgIpc) is 2.57. The molecule has 1 N–H and O–H groups in total. The minimum absolute atomic E-state index is 0.261. The fourth-order valence-electron chi connectivity index (χ4n) is 1.52. The number of hydrogen-bond acceptors (Lipinski definition) is 4. The Morgan fingerprint density at radius 3 is 2.89 bits per heavy atom. The number of carboxylic acids is 1. The van der Waals surface area contributed by atoms with Crippen molar-refractivity contribution in [2.24, 2.45) is 0 Å². The number of halogens is 1. The summed E-state index contributed by atoms with van der Waals surface area (Å²) in [6.07, 6.45) is 1.78. The van der Waals surface area contributed by atoms with Crippen molar-refractivity contribution in [3.63, 3.8) is 0 Å². The molecule has 19 heavy (non-hydrogen) atoms. The van der Waals surface area contributed by atoms with E-state index in [1.807, 2.05) is 24.3 Å². The van der Waals surface area contributed by atoms with Crippen LogP contribution in [0.4, 0.5) is 4.79 Å². The van der Waals surface area contributed by atoms with E-state index in [0.717, 1.165) is 26.7 Å². The Kier molecular flexibility index (Phi) is 4.38. The van der Waals surface area contributed by atoms with Crippen molar-refractivity contribution in [3.8, 4) is 0 Å². The van der Waals surface area contributed by atoms with E-state index in [2.05, 4.69) is 15.9 Å². The first-order chi connectivity index (χ1) is 8.97. The summed E-state index contributed by atoms with van der Waals surface area (Å²) in [6.45, 7) is -0.402. The van der Waals surface area contributed by atoms with Crippen LogP contribution < -0.4 is 0 Å². The second kappa shape index (κ2) is 5.85. The zero-order chi connectivity index (χ0) is 14.0. The maximum Gasteiger partial charge on any atom is 0.323 e. The van der Waals surface area contributed by atoms with Crippen LogP contribution in [0.3, 0.4) is 0 Å². The standard InChI is InChI=1S/C12H8BrNO3S2/c13-8-3-1-2-7(4-8)5-9-11(18)14(6-10(15)16)12(17)19-9/h1-5H,6H2,(H,15,16). The molecule has 1 aliphatic rings. The summed E-state index contributed by atoms with van der Waals surface area (Å²) in [5, 5.41) is 8.38. The van der Waals surface area contributed by atoms with Gasteiger partial charge in [-0.05, 0) is 35.5 Å². The number of carbonyl (C=O) groups is 2. The van der Waals surface area contributed by atoms with E-state index < -0.39 is 12.5 Å². The lowest BCUT2D eigenvalue weighted by molar-refractivity contribution is -0.136. The van der Waals surface area contributed by atoms with Crippen LogP contribution in [0.5, 0.6) is 0 Å². The number of hydrogen-bond donors (Lipinski definition) is 1. The zero-order valence-electron chi connectivity index (χ0n) is 9.50. The number of carbonyl (C=O) groups excluding carboxylic acids is 1. The normalized spacial score (nSPS) is 17.3. The first kappa shape index (κ1) is 14.2. The predicted octanol–water partition coefficient (Wildman–Crippen LogP) is 3.37. The third-order valence-corrected chi connectivity index (χ3v) is 4.30. The van der Waals surface area contributed by atoms with E-state index in [0.29, 0.717) is 4.91 Å². The maximum atomic E-state index is 11.7. The van der Waals surface area contributed by atoms with E-state index in [9.17, 15) is 9.59 Å². The minimum atomic E-state index is -1.08. The van der Waals surface area contributed by atoms with Gasteiger partial charge in [0, 0.05) is 4.47 Å². The Bertz CT molecular complexity index is 600. The number of aliphatic carboxylic acids is 1. The molecular formula is C12H8BrNO3S2. The van der Waals surface area contributed by atoms with Gasteiger partial charge in [-0.15, -0.1) is 0 Å². The molecule has 1 aromatic rings. The molecule has 0 atom stereocenters. The van der Waals surface area contributed by atoms with Crippen molar-refractivity contribution in [1.29, 1.82) is 0 Å². The second-order valence-electron chi connectivity index (χ2n) is 3.72. The predicted molar refractivity (Wildman–Crippen MR) is 82.0 cm³/mol. The number of benzene rings is 1. The molecule has 7 heteroatoms. The van der Waals surface area contributed by atoms with Crippen LogP contribution in [0.25, 0.3) is 6.08 Å². The summed E-state index contributed by atoms with van der Waals surface area (Å²) in [6, 6.07) is 7.53. The Morgan fingerprint density at radius 1 is 1.53 bits per heavy atom. The van der Waals surface area contributed by atoms with Gasteiger partial charge < -0.3 is 5.11 Å². The molecule has 0 spiro atoms. The molecule has 1 amide bonds. The van der Waals surface area contributed by atoms with Gasteiger partial charge in [-0.3, -0.25) is 14.5 Å². The van der Waals surface area contributed by atoms with Gasteiger partial charge >= 0.3 is 5.97 Å². The smallest absolute Gasteiger partial charge is 0.323 e. The van der Waals surface area contributed by atoms with Crippen molar-refractivity contribution in [2.75, 3.05) is 6.54 Å². The molecule has 1 saturated heterocycles. The van der Waals surface area contributed by atoms with Crippen LogP contribution in [-0.4, -0.2) is 32.7 Å². The van der Waals surface area contributed by atoms with Gasteiger partial charge in [-0.1, -0.05) is 40.3 Å². The quantitative estimate of drug-likeness (QED) is 0.663. The van der Waals surface area contributed by atoms with Gasteiger partial charge in [0.05, 0.1) is 4.91 Å². The first-order valence-electron chi connectivity index (χ1n) is 5.20. The fourth-order valence-corrected chi connectivity index (χ4v) is 3.17. The highest BCUT2D eigenvalue weighted by atomic mass is 79.9. The average molecular weight is 358 g/mol. The van der Waals surface area contributed by atoms with Crippen LogP contribution in [0.15, 0.2) is 33.6 Å². The van der Waals surface area contributed by atoms with Crippen molar-refractivity contribution < 1.29 is 14.7 Å². The Hall–Kier alpha value is -1.18. The summed E-state index contributed by atoms with van der Waals surface area (Å²) in [5.74, 6) is -1.08. The monoisotopic (exact) mass is 357 g/mol. The van der Waals surface area contributed by atoms with E-state index in [1.54, 1.807) is 6.08 Å². The molecule has 0 unspecified atom stereocenters. The van der Waals surface area contributed by atoms with Gasteiger partial charge in [0.2, 0.25) is 0 Å². The van der Waals surface area contributed by atoms with Gasteiger partial charge in [0.15, 0.2) is 0 Å². The summed E-state index contributed by atoms with van der Waals surface area (Å²) in [7, 11) is 0. The van der Waals surface area contributed by atoms with Crippen LogP contribution in [0.1, 0.15) is 5.56 Å². The summed E-state index contributed by atoms with van der Waals surface area (Å²) >= 11 is 9.44. The summed E-state index contributed by atoms with van der Waals surface area (Å²) < 4.78 is 0.921. The minimum Gasteiger partial charge on any atom is -0.480 e. The lowest BCUT2D eigenvalue weighted by Crippen LogP contribution is -2.32. The third kappa shape index (κ3) is 3.43. The van der Waals surface area contributed by atoms with E-state index in [-0.39, 0.29) is 10.2 Å². The SMILES string of the molecule is O=C(O)CN1C(=O)SC(=Cc2cccc(Br)c2)C1=S. The van der Waals surface area contributed by atoms with Crippen molar-refractivity contribution in [1.82, 2.24) is 4.90 Å².